The smallest absolute Gasteiger partial charge is 0.225 e. The zero-order valence-electron chi connectivity index (χ0n) is 11.6. The van der Waals surface area contributed by atoms with E-state index in [0.29, 0.717) is 5.92 Å². The van der Waals surface area contributed by atoms with Gasteiger partial charge in [-0.1, -0.05) is 20.8 Å². The largest absolute Gasteiger partial charge is 0.355 e. The zero-order chi connectivity index (χ0) is 12.6. The van der Waals surface area contributed by atoms with Crippen molar-refractivity contribution in [3.63, 3.8) is 0 Å². The van der Waals surface area contributed by atoms with Crippen LogP contribution >= 0.6 is 0 Å². The van der Waals surface area contributed by atoms with Crippen molar-refractivity contribution >= 4 is 5.91 Å². The zero-order valence-corrected chi connectivity index (χ0v) is 11.6. The van der Waals surface area contributed by atoms with Gasteiger partial charge in [-0.25, -0.2) is 0 Å². The molecule has 0 aliphatic carbocycles. The molecule has 0 aromatic rings. The lowest BCUT2D eigenvalue weighted by atomic mass is 9.90. The highest BCUT2D eigenvalue weighted by molar-refractivity contribution is 5.81. The van der Waals surface area contributed by atoms with Gasteiger partial charge in [0.15, 0.2) is 0 Å². The molecule has 2 heterocycles. The van der Waals surface area contributed by atoms with E-state index < -0.39 is 0 Å². The van der Waals surface area contributed by atoms with Crippen molar-refractivity contribution in [2.75, 3.05) is 13.6 Å². The van der Waals surface area contributed by atoms with E-state index in [1.807, 2.05) is 20.8 Å². The molecule has 2 atom stereocenters. The van der Waals surface area contributed by atoms with E-state index in [1.54, 1.807) is 0 Å². The van der Waals surface area contributed by atoms with Crippen molar-refractivity contribution in [1.82, 2.24) is 10.2 Å². The van der Waals surface area contributed by atoms with Crippen molar-refractivity contribution < 1.29 is 4.79 Å². The van der Waals surface area contributed by atoms with Gasteiger partial charge in [0.2, 0.25) is 5.91 Å². The highest BCUT2D eigenvalue weighted by Gasteiger charge is 2.38. The molecule has 2 fully saturated rings. The Morgan fingerprint density at radius 2 is 1.76 bits per heavy atom. The second-order valence-electron chi connectivity index (χ2n) is 6.85. The third-order valence-electron chi connectivity index (χ3n) is 4.43. The molecule has 0 radical (unpaired) electrons. The average Bonchev–Trinajstić information content (AvgIpc) is 2.50. The summed E-state index contributed by atoms with van der Waals surface area (Å²) in [6.07, 6.45) is 5.23. The van der Waals surface area contributed by atoms with Crippen LogP contribution in [0.2, 0.25) is 0 Å². The first kappa shape index (κ1) is 12.9. The van der Waals surface area contributed by atoms with Crippen molar-refractivity contribution in [3.8, 4) is 0 Å². The predicted octanol–water partition coefficient (Wildman–Crippen LogP) is 2.02. The van der Waals surface area contributed by atoms with E-state index in [0.717, 1.165) is 18.6 Å². The van der Waals surface area contributed by atoms with Crippen LogP contribution in [-0.4, -0.2) is 36.5 Å². The molecule has 0 aromatic carbocycles. The first-order valence-electron chi connectivity index (χ1n) is 6.88. The predicted molar refractivity (Wildman–Crippen MR) is 69.8 cm³/mol. The number of nitrogens with zero attached hydrogens (tertiary/aromatic N) is 1. The molecule has 2 unspecified atom stereocenters. The number of hydrogen-bond donors (Lipinski definition) is 1. The highest BCUT2D eigenvalue weighted by atomic mass is 16.2. The third-order valence-corrected chi connectivity index (χ3v) is 4.43. The van der Waals surface area contributed by atoms with Gasteiger partial charge in [-0.05, 0) is 38.6 Å². The first-order chi connectivity index (χ1) is 7.88. The molecule has 2 bridgehead atoms. The molecule has 1 N–H and O–H groups in total. The molecule has 0 spiro atoms. The van der Waals surface area contributed by atoms with Crippen LogP contribution in [0.15, 0.2) is 0 Å². The van der Waals surface area contributed by atoms with Gasteiger partial charge in [0, 0.05) is 24.0 Å². The van der Waals surface area contributed by atoms with E-state index in [-0.39, 0.29) is 11.3 Å². The number of hydrogen-bond acceptors (Lipinski definition) is 2. The normalized spacial score (nSPS) is 33.8. The standard InChI is InChI=1S/C14H26N2O/c1-14(2,3)13(17)15-9-10-7-11-5-6-12(8-10)16(11)4/h10-12H,5-9H2,1-4H3,(H,15,17). The van der Waals surface area contributed by atoms with E-state index in [1.165, 1.54) is 25.7 Å². The summed E-state index contributed by atoms with van der Waals surface area (Å²) in [5.74, 6) is 0.874. The second-order valence-corrected chi connectivity index (χ2v) is 6.85. The summed E-state index contributed by atoms with van der Waals surface area (Å²) in [4.78, 5) is 14.4. The Bertz CT molecular complexity index is 281. The van der Waals surface area contributed by atoms with Crippen LogP contribution in [0.5, 0.6) is 0 Å². The number of piperidine rings is 1. The van der Waals surface area contributed by atoms with Crippen LogP contribution in [-0.2, 0) is 4.79 Å². The summed E-state index contributed by atoms with van der Waals surface area (Å²) < 4.78 is 0. The average molecular weight is 238 g/mol. The van der Waals surface area contributed by atoms with E-state index in [9.17, 15) is 4.79 Å². The van der Waals surface area contributed by atoms with Crippen LogP contribution in [0, 0.1) is 11.3 Å². The molecular formula is C14H26N2O. The summed E-state index contributed by atoms with van der Waals surface area (Å²) in [5.41, 5.74) is -0.259. The first-order valence-corrected chi connectivity index (χ1v) is 6.88. The summed E-state index contributed by atoms with van der Waals surface area (Å²) in [6.45, 7) is 6.79. The SMILES string of the molecule is CN1C2CCC1CC(CNC(=O)C(C)(C)C)C2. The molecule has 17 heavy (non-hydrogen) atoms. The van der Waals surface area contributed by atoms with Crippen molar-refractivity contribution in [1.29, 1.82) is 0 Å². The lowest BCUT2D eigenvalue weighted by molar-refractivity contribution is -0.128. The number of rotatable bonds is 2. The molecule has 2 aliphatic rings. The highest BCUT2D eigenvalue weighted by Crippen LogP contribution is 2.37. The minimum Gasteiger partial charge on any atom is -0.355 e. The van der Waals surface area contributed by atoms with Crippen molar-refractivity contribution in [3.05, 3.63) is 0 Å². The number of amides is 1. The molecule has 2 saturated heterocycles. The topological polar surface area (TPSA) is 32.3 Å². The monoisotopic (exact) mass is 238 g/mol. The molecule has 3 heteroatoms. The fourth-order valence-corrected chi connectivity index (χ4v) is 3.19. The van der Waals surface area contributed by atoms with Crippen molar-refractivity contribution in [2.24, 2.45) is 11.3 Å². The molecule has 2 rings (SSSR count). The van der Waals surface area contributed by atoms with Crippen LogP contribution in [0.3, 0.4) is 0 Å². The lowest BCUT2D eigenvalue weighted by Gasteiger charge is -2.36. The fraction of sp³-hybridized carbons (Fsp3) is 0.929. The Hall–Kier alpha value is -0.570. The summed E-state index contributed by atoms with van der Waals surface area (Å²) in [7, 11) is 2.26. The van der Waals surface area contributed by atoms with E-state index >= 15 is 0 Å². The summed E-state index contributed by atoms with van der Waals surface area (Å²) >= 11 is 0. The molecule has 98 valence electrons. The van der Waals surface area contributed by atoms with E-state index in [2.05, 4.69) is 17.3 Å². The van der Waals surface area contributed by atoms with Gasteiger partial charge >= 0.3 is 0 Å². The van der Waals surface area contributed by atoms with Gasteiger partial charge in [-0.3, -0.25) is 4.79 Å². The van der Waals surface area contributed by atoms with E-state index in [4.69, 9.17) is 0 Å². The number of carbonyl (C=O) groups is 1. The quantitative estimate of drug-likeness (QED) is 0.798. The Morgan fingerprint density at radius 3 is 2.24 bits per heavy atom. The third kappa shape index (κ3) is 2.82. The maximum absolute atomic E-state index is 11.8. The van der Waals surface area contributed by atoms with Crippen LogP contribution in [0.4, 0.5) is 0 Å². The number of carbonyl (C=O) groups excluding carboxylic acids is 1. The van der Waals surface area contributed by atoms with Gasteiger partial charge in [-0.2, -0.15) is 0 Å². The molecule has 2 aliphatic heterocycles. The minimum atomic E-state index is -0.259. The maximum atomic E-state index is 11.8. The Balaban J connectivity index is 1.80. The second kappa shape index (κ2) is 4.60. The van der Waals surface area contributed by atoms with Crippen LogP contribution in [0.25, 0.3) is 0 Å². The summed E-state index contributed by atoms with van der Waals surface area (Å²) in [6, 6.07) is 1.54. The molecule has 0 saturated carbocycles. The Kier molecular flexibility index (Phi) is 3.48. The lowest BCUT2D eigenvalue weighted by Crippen LogP contribution is -2.44. The van der Waals surface area contributed by atoms with Gasteiger partial charge in [0.05, 0.1) is 0 Å². The van der Waals surface area contributed by atoms with Gasteiger partial charge < -0.3 is 10.2 Å². The van der Waals surface area contributed by atoms with Crippen LogP contribution in [0.1, 0.15) is 46.5 Å². The molecule has 1 amide bonds. The van der Waals surface area contributed by atoms with Gasteiger partial charge in [-0.15, -0.1) is 0 Å². The van der Waals surface area contributed by atoms with Gasteiger partial charge in [0.1, 0.15) is 0 Å². The molecule has 0 aromatic heterocycles. The Labute approximate surface area is 105 Å². The maximum Gasteiger partial charge on any atom is 0.225 e. The summed E-state index contributed by atoms with van der Waals surface area (Å²) in [5, 5.41) is 3.12. The Morgan fingerprint density at radius 1 is 1.24 bits per heavy atom. The van der Waals surface area contributed by atoms with Crippen molar-refractivity contribution in [2.45, 2.75) is 58.5 Å². The van der Waals surface area contributed by atoms with Gasteiger partial charge in [0.25, 0.3) is 0 Å². The fourth-order valence-electron chi connectivity index (χ4n) is 3.19. The molecule has 3 nitrogen and oxygen atoms in total. The number of fused-ring (bicyclic) bond motifs is 2. The molecular weight excluding hydrogens is 212 g/mol. The minimum absolute atomic E-state index is 0.184. The van der Waals surface area contributed by atoms with Crippen LogP contribution < -0.4 is 5.32 Å². The number of nitrogens with one attached hydrogen (secondary N) is 1.